The van der Waals surface area contributed by atoms with E-state index >= 15 is 0 Å². The van der Waals surface area contributed by atoms with Crippen molar-refractivity contribution < 1.29 is 9.47 Å². The maximum absolute atomic E-state index is 6.58. The van der Waals surface area contributed by atoms with Crippen molar-refractivity contribution in [1.82, 2.24) is 15.0 Å². The highest BCUT2D eigenvalue weighted by molar-refractivity contribution is 6.33. The molecule has 2 unspecified atom stereocenters. The first kappa shape index (κ1) is 24.2. The van der Waals surface area contributed by atoms with E-state index in [0.717, 1.165) is 66.0 Å². The summed E-state index contributed by atoms with van der Waals surface area (Å²) in [7, 11) is 1.63. The van der Waals surface area contributed by atoms with E-state index in [-0.39, 0.29) is 12.1 Å². The minimum atomic E-state index is 0.0271. The molecule has 1 N–H and O–H groups in total. The third kappa shape index (κ3) is 5.10. The molecule has 3 aromatic rings. The van der Waals surface area contributed by atoms with E-state index in [1.807, 2.05) is 49.5 Å². The smallest absolute Gasteiger partial charge is 0.148 e. The normalized spacial score (nSPS) is 17.7. The molecule has 3 heterocycles. The van der Waals surface area contributed by atoms with Crippen LogP contribution in [-0.4, -0.2) is 53.9 Å². The van der Waals surface area contributed by atoms with Crippen molar-refractivity contribution in [2.24, 2.45) is 0 Å². The zero-order chi connectivity index (χ0) is 24.1. The second-order valence-electron chi connectivity index (χ2n) is 8.20. The summed E-state index contributed by atoms with van der Waals surface area (Å²) in [5.74, 6) is 2.48. The van der Waals surface area contributed by atoms with Crippen molar-refractivity contribution in [3.05, 3.63) is 59.0 Å². The number of anilines is 2. The molecule has 0 bridgehead atoms. The van der Waals surface area contributed by atoms with Gasteiger partial charge in [-0.3, -0.25) is 0 Å². The van der Waals surface area contributed by atoms with Gasteiger partial charge >= 0.3 is 0 Å². The summed E-state index contributed by atoms with van der Waals surface area (Å²) in [6.07, 6.45) is 3.33. The van der Waals surface area contributed by atoms with Crippen LogP contribution in [0.3, 0.4) is 0 Å². The van der Waals surface area contributed by atoms with Crippen LogP contribution in [0, 0.1) is 0 Å². The fourth-order valence-corrected chi connectivity index (χ4v) is 4.60. The second kappa shape index (κ2) is 11.0. The van der Waals surface area contributed by atoms with Crippen LogP contribution in [0.15, 0.2) is 42.6 Å². The van der Waals surface area contributed by atoms with Gasteiger partial charge in [0.25, 0.3) is 0 Å². The van der Waals surface area contributed by atoms with E-state index in [4.69, 9.17) is 31.0 Å². The van der Waals surface area contributed by atoms with Crippen LogP contribution < -0.4 is 15.0 Å². The van der Waals surface area contributed by atoms with E-state index in [2.05, 4.69) is 29.0 Å². The van der Waals surface area contributed by atoms with Crippen LogP contribution in [0.5, 0.6) is 5.75 Å². The monoisotopic (exact) mass is 481 g/mol. The van der Waals surface area contributed by atoms with Crippen LogP contribution in [-0.2, 0) is 17.6 Å². The minimum Gasteiger partial charge on any atom is -0.497 e. The molecule has 1 fully saturated rings. The number of benzene rings is 1. The number of halogens is 1. The Bertz CT molecular complexity index is 1110. The highest BCUT2D eigenvalue weighted by Gasteiger charge is 2.35. The summed E-state index contributed by atoms with van der Waals surface area (Å²) >= 11 is 6.58. The molecule has 2 aromatic heterocycles. The van der Waals surface area contributed by atoms with Gasteiger partial charge in [0.15, 0.2) is 0 Å². The Morgan fingerprint density at radius 2 is 1.88 bits per heavy atom. The van der Waals surface area contributed by atoms with Gasteiger partial charge < -0.3 is 19.7 Å². The number of aryl methyl sites for hydroxylation is 2. The number of pyridine rings is 1. The lowest BCUT2D eigenvalue weighted by Gasteiger charge is -2.22. The Balaban J connectivity index is 1.65. The van der Waals surface area contributed by atoms with Gasteiger partial charge in [0.2, 0.25) is 0 Å². The molecular formula is C26H32ClN5O2. The molecule has 7 nitrogen and oxygen atoms in total. The molecule has 1 aliphatic rings. The molecule has 0 spiro atoms. The molecule has 1 saturated heterocycles. The first-order valence-corrected chi connectivity index (χ1v) is 12.2. The number of nitrogens with zero attached hydrogens (tertiary/aromatic N) is 4. The van der Waals surface area contributed by atoms with E-state index in [0.29, 0.717) is 11.6 Å². The standard InChI is InChI=1S/C26H32ClN5O2/c1-5-20-25(18-12-11-17(33-4)14-19(18)27)29-21(6-2)26(30-20)31-22-15-32(16-23(22)34-7-3)24-10-8-9-13-28-24/h8-14,22-23H,5-7,15-16H2,1-4H3,(H,30,31). The van der Waals surface area contributed by atoms with Crippen molar-refractivity contribution in [1.29, 1.82) is 0 Å². The highest BCUT2D eigenvalue weighted by atomic mass is 35.5. The lowest BCUT2D eigenvalue weighted by Crippen LogP contribution is -2.35. The van der Waals surface area contributed by atoms with Crippen LogP contribution in [0.25, 0.3) is 11.3 Å². The molecular weight excluding hydrogens is 450 g/mol. The molecule has 0 radical (unpaired) electrons. The van der Waals surface area contributed by atoms with Crippen LogP contribution in [0.2, 0.25) is 5.02 Å². The maximum atomic E-state index is 6.58. The van der Waals surface area contributed by atoms with Gasteiger partial charge in [0.05, 0.1) is 41.4 Å². The van der Waals surface area contributed by atoms with Crippen LogP contribution >= 0.6 is 11.6 Å². The number of ether oxygens (including phenoxy) is 2. The predicted molar refractivity (Wildman–Crippen MR) is 137 cm³/mol. The van der Waals surface area contributed by atoms with Gasteiger partial charge in [-0.1, -0.05) is 31.5 Å². The molecule has 1 aliphatic heterocycles. The van der Waals surface area contributed by atoms with E-state index in [1.54, 1.807) is 7.11 Å². The summed E-state index contributed by atoms with van der Waals surface area (Å²) in [4.78, 5) is 16.8. The summed E-state index contributed by atoms with van der Waals surface area (Å²) in [5, 5.41) is 4.26. The maximum Gasteiger partial charge on any atom is 0.148 e. The molecule has 4 rings (SSSR count). The lowest BCUT2D eigenvalue weighted by atomic mass is 10.1. The molecule has 0 amide bonds. The minimum absolute atomic E-state index is 0.0271. The molecule has 1 aromatic carbocycles. The van der Waals surface area contributed by atoms with Crippen molar-refractivity contribution >= 4 is 23.2 Å². The molecule has 8 heteroatoms. The summed E-state index contributed by atoms with van der Waals surface area (Å²) < 4.78 is 11.4. The van der Waals surface area contributed by atoms with Crippen LogP contribution in [0.1, 0.15) is 32.2 Å². The number of hydrogen-bond donors (Lipinski definition) is 1. The Hall–Kier alpha value is -2.90. The van der Waals surface area contributed by atoms with Crippen LogP contribution in [0.4, 0.5) is 11.6 Å². The van der Waals surface area contributed by atoms with Crippen molar-refractivity contribution in [2.75, 3.05) is 37.0 Å². The first-order valence-electron chi connectivity index (χ1n) is 11.9. The van der Waals surface area contributed by atoms with Gasteiger partial charge in [-0.15, -0.1) is 0 Å². The first-order chi connectivity index (χ1) is 16.6. The molecule has 0 aliphatic carbocycles. The summed E-state index contributed by atoms with van der Waals surface area (Å²) in [6.45, 7) is 8.41. The third-order valence-electron chi connectivity index (χ3n) is 6.08. The third-order valence-corrected chi connectivity index (χ3v) is 6.40. The lowest BCUT2D eigenvalue weighted by molar-refractivity contribution is 0.0719. The average Bonchev–Trinajstić information content (AvgIpc) is 3.26. The van der Waals surface area contributed by atoms with Crippen molar-refractivity contribution in [3.63, 3.8) is 0 Å². The average molecular weight is 482 g/mol. The number of aromatic nitrogens is 3. The zero-order valence-electron chi connectivity index (χ0n) is 20.2. The SMILES string of the molecule is CCOC1CN(c2ccccn2)CC1Nc1nc(CC)c(-c2ccc(OC)cc2Cl)nc1CC. The summed E-state index contributed by atoms with van der Waals surface area (Å²) in [5.41, 5.74) is 3.49. The zero-order valence-corrected chi connectivity index (χ0v) is 21.0. The largest absolute Gasteiger partial charge is 0.497 e. The van der Waals surface area contributed by atoms with E-state index < -0.39 is 0 Å². The number of rotatable bonds is 9. The summed E-state index contributed by atoms with van der Waals surface area (Å²) in [6, 6.07) is 11.7. The molecule has 180 valence electrons. The molecule has 0 saturated carbocycles. The topological polar surface area (TPSA) is 72.4 Å². The van der Waals surface area contributed by atoms with Gasteiger partial charge in [0, 0.05) is 31.5 Å². The van der Waals surface area contributed by atoms with E-state index in [9.17, 15) is 0 Å². The second-order valence-corrected chi connectivity index (χ2v) is 8.61. The Morgan fingerprint density at radius 1 is 1.06 bits per heavy atom. The number of hydrogen-bond acceptors (Lipinski definition) is 7. The van der Waals surface area contributed by atoms with Crippen molar-refractivity contribution in [3.8, 4) is 17.0 Å². The van der Waals surface area contributed by atoms with Gasteiger partial charge in [-0.05, 0) is 50.1 Å². The van der Waals surface area contributed by atoms with Gasteiger partial charge in [-0.2, -0.15) is 0 Å². The quantitative estimate of drug-likeness (QED) is 0.459. The Morgan fingerprint density at radius 3 is 2.53 bits per heavy atom. The Kier molecular flexibility index (Phi) is 7.85. The molecule has 2 atom stereocenters. The fourth-order valence-electron chi connectivity index (χ4n) is 4.34. The number of nitrogens with one attached hydrogen (secondary N) is 1. The van der Waals surface area contributed by atoms with Gasteiger partial charge in [0.1, 0.15) is 17.4 Å². The van der Waals surface area contributed by atoms with E-state index in [1.165, 1.54) is 0 Å². The fraction of sp³-hybridized carbons (Fsp3) is 0.423. The molecule has 34 heavy (non-hydrogen) atoms. The predicted octanol–water partition coefficient (Wildman–Crippen LogP) is 5.03. The van der Waals surface area contributed by atoms with Crippen molar-refractivity contribution in [2.45, 2.75) is 45.8 Å². The Labute approximate surface area is 206 Å². The van der Waals surface area contributed by atoms with Gasteiger partial charge in [-0.25, -0.2) is 15.0 Å². The highest BCUT2D eigenvalue weighted by Crippen LogP contribution is 2.33. The number of methoxy groups -OCH3 is 1.